The van der Waals surface area contributed by atoms with Gasteiger partial charge < -0.3 is 15.3 Å². The molecule has 12 nitrogen and oxygen atoms in total. The second kappa shape index (κ2) is 12.7. The van der Waals surface area contributed by atoms with Gasteiger partial charge in [-0.3, -0.25) is 13.7 Å². The number of hydrogen-bond donors (Lipinski definition) is 3. The zero-order valence-electron chi connectivity index (χ0n) is 16.7. The zero-order valence-corrected chi connectivity index (χ0v) is 20.4. The van der Waals surface area contributed by atoms with Crippen molar-refractivity contribution in [2.45, 2.75) is 14.7 Å². The first-order valence-corrected chi connectivity index (χ1v) is 12.6. The van der Waals surface area contributed by atoms with Gasteiger partial charge in [0.2, 0.25) is 0 Å². The largest absolute Gasteiger partial charge is 3.00 e. The van der Waals surface area contributed by atoms with E-state index in [1.54, 1.807) is 0 Å². The van der Waals surface area contributed by atoms with Crippen molar-refractivity contribution in [1.29, 1.82) is 0 Å². The molecule has 0 amide bonds. The smallest absolute Gasteiger partial charge is 0.872 e. The molecule has 0 heterocycles. The average Bonchev–Trinajstić information content (AvgIpc) is 2.67. The molecule has 16 heteroatoms. The van der Waals surface area contributed by atoms with Crippen LogP contribution in [0.25, 0.3) is 0 Å². The molecule has 0 bridgehead atoms. The van der Waals surface area contributed by atoms with Crippen molar-refractivity contribution in [3.63, 3.8) is 0 Å². The molecule has 0 saturated carbocycles. The van der Waals surface area contributed by atoms with Gasteiger partial charge in [0.15, 0.2) is 0 Å². The fraction of sp³-hybridized carbons (Fsp3) is 0. The molecule has 0 atom stereocenters. The normalized spacial score (nSPS) is 11.0. The number of hydrogen-bond acceptors (Lipinski definition) is 9. The molecule has 0 saturated heterocycles. The van der Waals surface area contributed by atoms with Gasteiger partial charge in [-0.25, -0.2) is 0 Å². The van der Waals surface area contributed by atoms with E-state index >= 15 is 0 Å². The zero-order chi connectivity index (χ0) is 25.4. The molecule has 180 valence electrons. The van der Waals surface area contributed by atoms with Crippen molar-refractivity contribution in [1.82, 2.24) is 0 Å². The van der Waals surface area contributed by atoms with Crippen molar-refractivity contribution < 1.29 is 54.2 Å². The van der Waals surface area contributed by atoms with Crippen molar-refractivity contribution in [2.24, 2.45) is 0 Å². The summed E-state index contributed by atoms with van der Waals surface area (Å²) in [4.78, 5) is -1.75. The minimum atomic E-state index is -4.35. The van der Waals surface area contributed by atoms with Gasteiger partial charge >= 0.3 is 17.4 Å². The summed E-state index contributed by atoms with van der Waals surface area (Å²) in [6.07, 6.45) is 0. The third kappa shape index (κ3) is 10.1. The Morgan fingerprint density at radius 3 is 0.735 bits per heavy atom. The first-order valence-electron chi connectivity index (χ1n) is 8.25. The van der Waals surface area contributed by atoms with Gasteiger partial charge in [-0.05, 0) is 18.2 Å². The van der Waals surface area contributed by atoms with Crippen LogP contribution in [0.2, 0.25) is 0 Å². The standard InChI is InChI=1S/3C6H6O4S.Al/c3*7-5-3-1-2-4-6(5)11(8,9)10;/h3*1-4,7H,(H,8,9,10);/q;;;+3/p-3. The molecular formula is C18H15AlO12S3. The number of rotatable bonds is 3. The Bertz CT molecular complexity index is 1250. The maximum absolute atomic E-state index is 10.7. The van der Waals surface area contributed by atoms with E-state index in [4.69, 9.17) is 13.7 Å². The van der Waals surface area contributed by atoms with E-state index in [2.05, 4.69) is 0 Å². The molecule has 3 rings (SSSR count). The van der Waals surface area contributed by atoms with Gasteiger partial charge in [0, 0.05) is 0 Å². The predicted octanol–water partition coefficient (Wildman–Crippen LogP) is -0.360. The summed E-state index contributed by atoms with van der Waals surface area (Å²) < 4.78 is 87.8. The molecule has 3 N–H and O–H groups in total. The van der Waals surface area contributed by atoms with E-state index in [1.807, 2.05) is 0 Å². The van der Waals surface area contributed by atoms with Gasteiger partial charge in [-0.1, -0.05) is 71.8 Å². The second-order valence-corrected chi connectivity index (χ2v) is 9.94. The third-order valence-electron chi connectivity index (χ3n) is 3.38. The van der Waals surface area contributed by atoms with E-state index in [-0.39, 0.29) is 17.4 Å². The first-order chi connectivity index (χ1) is 15.0. The van der Waals surface area contributed by atoms with Crippen LogP contribution in [0, 0.1) is 0 Å². The summed E-state index contributed by atoms with van der Waals surface area (Å²) in [5, 5.41) is 32.2. The quantitative estimate of drug-likeness (QED) is 0.282. The molecular weight excluding hydrogens is 531 g/mol. The van der Waals surface area contributed by atoms with E-state index < -0.39 is 62.3 Å². The topological polar surface area (TPSA) is 232 Å². The molecule has 3 aromatic rings. The Hall–Kier alpha value is -2.68. The van der Waals surface area contributed by atoms with E-state index in [9.17, 15) is 40.6 Å². The number of benzene rings is 3. The van der Waals surface area contributed by atoms with Crippen LogP contribution >= 0.6 is 0 Å². The summed E-state index contributed by atoms with van der Waals surface area (Å²) >= 11 is 0. The van der Waals surface area contributed by atoms with Gasteiger partial charge in [0.1, 0.15) is 0 Å². The van der Waals surface area contributed by atoms with Crippen LogP contribution in [0.3, 0.4) is 0 Å². The Labute approximate surface area is 206 Å². The second-order valence-electron chi connectivity index (χ2n) is 5.77. The van der Waals surface area contributed by atoms with E-state index in [0.29, 0.717) is 0 Å². The van der Waals surface area contributed by atoms with Gasteiger partial charge in [-0.15, -0.1) is 0 Å². The fourth-order valence-corrected chi connectivity index (χ4v) is 3.71. The maximum atomic E-state index is 10.7. The average molecular weight is 546 g/mol. The van der Waals surface area contributed by atoms with Crippen molar-refractivity contribution in [3.8, 4) is 17.2 Å². The molecule has 0 radical (unpaired) electrons. The van der Waals surface area contributed by atoms with Gasteiger partial charge in [-0.2, -0.15) is 25.3 Å². The van der Waals surface area contributed by atoms with E-state index in [0.717, 1.165) is 36.4 Å². The summed E-state index contributed by atoms with van der Waals surface area (Å²) in [5.74, 6) is -2.10. The monoisotopic (exact) mass is 546 g/mol. The Morgan fingerprint density at radius 1 is 0.441 bits per heavy atom. The molecule has 34 heavy (non-hydrogen) atoms. The summed E-state index contributed by atoms with van der Waals surface area (Å²) in [7, 11) is -13.0. The minimum absolute atomic E-state index is 0. The predicted molar refractivity (Wildman–Crippen MR) is 113 cm³/mol. The van der Waals surface area contributed by atoms with Gasteiger partial charge in [0.25, 0.3) is 30.4 Å². The van der Waals surface area contributed by atoms with Crippen LogP contribution in [0.4, 0.5) is 0 Å². The van der Waals surface area contributed by atoms with E-state index in [1.165, 1.54) is 36.4 Å². The Balaban J connectivity index is 0.000000473. The Morgan fingerprint density at radius 2 is 0.618 bits per heavy atom. The van der Waals surface area contributed by atoms with Crippen molar-refractivity contribution in [3.05, 3.63) is 72.8 Å². The van der Waals surface area contributed by atoms with Gasteiger partial charge in [0.05, 0.1) is 14.7 Å². The van der Waals surface area contributed by atoms with Crippen LogP contribution in [0.15, 0.2) is 87.5 Å². The van der Waals surface area contributed by atoms with Crippen molar-refractivity contribution in [2.75, 3.05) is 0 Å². The summed E-state index contributed by atoms with van der Waals surface area (Å²) in [6, 6.07) is 14.7. The maximum Gasteiger partial charge on any atom is 3.00 e. The molecule has 0 fully saturated rings. The molecule has 0 aliphatic heterocycles. The molecule has 0 aromatic heterocycles. The SMILES string of the molecule is O=S(=O)(O)c1ccccc1[O-].O=S(=O)(O)c1ccccc1[O-].O=S(=O)(O)c1ccccc1[O-].[Al+3]. The fourth-order valence-electron chi connectivity index (χ4n) is 1.99. The van der Waals surface area contributed by atoms with Crippen LogP contribution in [0.1, 0.15) is 0 Å². The van der Waals surface area contributed by atoms with Crippen LogP contribution in [0.5, 0.6) is 17.2 Å². The van der Waals surface area contributed by atoms with Crippen LogP contribution in [-0.2, 0) is 30.4 Å². The molecule has 0 unspecified atom stereocenters. The molecule has 0 aliphatic rings. The molecule has 3 aromatic carbocycles. The number of para-hydroxylation sites is 3. The first kappa shape index (κ1) is 31.3. The molecule has 0 spiro atoms. The van der Waals surface area contributed by atoms with Crippen LogP contribution in [-0.4, -0.2) is 56.3 Å². The third-order valence-corrected chi connectivity index (χ3v) is 6.06. The minimum Gasteiger partial charge on any atom is -0.872 e. The summed E-state index contributed by atoms with van der Waals surface area (Å²) in [6.45, 7) is 0. The van der Waals surface area contributed by atoms with Crippen LogP contribution < -0.4 is 15.3 Å². The van der Waals surface area contributed by atoms with Crippen molar-refractivity contribution >= 4 is 47.7 Å². The summed E-state index contributed by atoms with van der Waals surface area (Å²) in [5.41, 5.74) is 0. The Kier molecular flexibility index (Phi) is 11.7. The molecule has 0 aliphatic carbocycles.